The average Bonchev–Trinajstić information content (AvgIpc) is 3.03. The standard InChI is InChI=1S/C36H64O10/c1-9-15-20-42-30(37)25-29(34(39)44-22-17-11-3)28(14-6)32(36(41)46-24-19-13-5)31(35(40)45-23-18-12-4)26(7)27(8)33(38)43-21-16-10-2/h26-29,31-32H,9-25H2,1-8H3. The van der Waals surface area contributed by atoms with Crippen LogP contribution in [-0.4, -0.2) is 62.9 Å². The summed E-state index contributed by atoms with van der Waals surface area (Å²) in [5.41, 5.74) is 0. The van der Waals surface area contributed by atoms with Gasteiger partial charge in [-0.3, -0.25) is 24.0 Å². The summed E-state index contributed by atoms with van der Waals surface area (Å²) in [7, 11) is 0. The van der Waals surface area contributed by atoms with Gasteiger partial charge in [0.1, 0.15) is 0 Å². The van der Waals surface area contributed by atoms with E-state index in [-0.39, 0.29) is 45.9 Å². The summed E-state index contributed by atoms with van der Waals surface area (Å²) in [4.78, 5) is 67.8. The molecule has 0 fully saturated rings. The van der Waals surface area contributed by atoms with Gasteiger partial charge in [-0.15, -0.1) is 0 Å². The average molecular weight is 657 g/mol. The minimum absolute atomic E-state index is 0.132. The van der Waals surface area contributed by atoms with E-state index in [2.05, 4.69) is 0 Å². The van der Waals surface area contributed by atoms with E-state index in [0.717, 1.165) is 32.1 Å². The van der Waals surface area contributed by atoms with Gasteiger partial charge < -0.3 is 23.7 Å². The van der Waals surface area contributed by atoms with E-state index in [4.69, 9.17) is 23.7 Å². The smallest absolute Gasteiger partial charge is 0.310 e. The quantitative estimate of drug-likeness (QED) is 0.0506. The lowest BCUT2D eigenvalue weighted by Gasteiger charge is -2.37. The van der Waals surface area contributed by atoms with Crippen molar-refractivity contribution in [3.8, 4) is 0 Å². The Morgan fingerprint density at radius 3 is 1.26 bits per heavy atom. The highest BCUT2D eigenvalue weighted by Crippen LogP contribution is 2.40. The molecule has 0 saturated heterocycles. The summed E-state index contributed by atoms with van der Waals surface area (Å²) < 4.78 is 28.0. The van der Waals surface area contributed by atoms with Crippen LogP contribution in [0.2, 0.25) is 0 Å². The van der Waals surface area contributed by atoms with Crippen molar-refractivity contribution in [3.05, 3.63) is 0 Å². The fourth-order valence-corrected chi connectivity index (χ4v) is 5.27. The lowest BCUT2D eigenvalue weighted by atomic mass is 9.66. The highest BCUT2D eigenvalue weighted by Gasteiger charge is 2.50. The lowest BCUT2D eigenvalue weighted by molar-refractivity contribution is -0.173. The second-order valence-electron chi connectivity index (χ2n) is 12.2. The predicted octanol–water partition coefficient (Wildman–Crippen LogP) is 7.24. The summed E-state index contributed by atoms with van der Waals surface area (Å²) in [5.74, 6) is -8.73. The molecule has 0 amide bonds. The lowest BCUT2D eigenvalue weighted by Crippen LogP contribution is -2.47. The van der Waals surface area contributed by atoms with Crippen molar-refractivity contribution < 1.29 is 47.7 Å². The molecule has 0 aromatic heterocycles. The zero-order valence-electron chi connectivity index (χ0n) is 30.1. The monoisotopic (exact) mass is 656 g/mol. The van der Waals surface area contributed by atoms with E-state index in [1.165, 1.54) is 0 Å². The molecule has 10 heteroatoms. The number of hydrogen-bond donors (Lipinski definition) is 0. The van der Waals surface area contributed by atoms with E-state index >= 15 is 0 Å². The molecule has 0 spiro atoms. The largest absolute Gasteiger partial charge is 0.466 e. The Bertz CT molecular complexity index is 873. The van der Waals surface area contributed by atoms with E-state index in [1.807, 2.05) is 34.6 Å². The normalized spacial score (nSPS) is 15.0. The van der Waals surface area contributed by atoms with Crippen molar-refractivity contribution in [1.82, 2.24) is 0 Å². The van der Waals surface area contributed by atoms with Gasteiger partial charge >= 0.3 is 29.8 Å². The van der Waals surface area contributed by atoms with E-state index in [9.17, 15) is 24.0 Å². The number of hydrogen-bond acceptors (Lipinski definition) is 10. The molecule has 6 atom stereocenters. The number of carbonyl (C=O) groups excluding carboxylic acids is 5. The maximum absolute atomic E-state index is 14.1. The van der Waals surface area contributed by atoms with Gasteiger partial charge in [-0.25, -0.2) is 0 Å². The van der Waals surface area contributed by atoms with Crippen LogP contribution in [0.25, 0.3) is 0 Å². The summed E-state index contributed by atoms with van der Waals surface area (Å²) >= 11 is 0. The predicted molar refractivity (Wildman–Crippen MR) is 177 cm³/mol. The molecule has 0 aliphatic heterocycles. The zero-order valence-corrected chi connectivity index (χ0v) is 30.1. The summed E-state index contributed by atoms with van der Waals surface area (Å²) in [6.07, 6.45) is 7.26. The maximum Gasteiger partial charge on any atom is 0.310 e. The molecule has 6 unspecified atom stereocenters. The summed E-state index contributed by atoms with van der Waals surface area (Å²) in [6, 6.07) is 0. The van der Waals surface area contributed by atoms with Crippen LogP contribution in [0, 0.1) is 35.5 Å². The molecule has 0 bridgehead atoms. The highest BCUT2D eigenvalue weighted by molar-refractivity contribution is 5.86. The number of rotatable bonds is 27. The van der Waals surface area contributed by atoms with Crippen LogP contribution in [0.3, 0.4) is 0 Å². The first-order valence-corrected chi connectivity index (χ1v) is 17.9. The van der Waals surface area contributed by atoms with Gasteiger partial charge in [-0.2, -0.15) is 0 Å². The minimum atomic E-state index is -1.19. The molecule has 0 aromatic rings. The molecule has 0 heterocycles. The topological polar surface area (TPSA) is 132 Å². The molecule has 10 nitrogen and oxygen atoms in total. The third-order valence-corrected chi connectivity index (χ3v) is 8.53. The van der Waals surface area contributed by atoms with Gasteiger partial charge in [0.2, 0.25) is 0 Å². The molecule has 0 aliphatic rings. The molecular formula is C36H64O10. The summed E-state index contributed by atoms with van der Waals surface area (Å²) in [6.45, 7) is 16.0. The third kappa shape index (κ3) is 16.3. The number of carbonyl (C=O) groups is 5. The molecule has 0 radical (unpaired) electrons. The molecule has 0 N–H and O–H groups in total. The van der Waals surface area contributed by atoms with Crippen molar-refractivity contribution in [2.24, 2.45) is 35.5 Å². The second kappa shape index (κ2) is 26.4. The molecule has 0 rings (SSSR count). The van der Waals surface area contributed by atoms with Crippen LogP contribution in [0.1, 0.15) is 132 Å². The first-order valence-electron chi connectivity index (χ1n) is 17.9. The van der Waals surface area contributed by atoms with Gasteiger partial charge in [0, 0.05) is 0 Å². The van der Waals surface area contributed by atoms with Gasteiger partial charge in [0.15, 0.2) is 0 Å². The Balaban J connectivity index is 6.97. The molecule has 268 valence electrons. The Kier molecular flexibility index (Phi) is 24.9. The van der Waals surface area contributed by atoms with Crippen molar-refractivity contribution in [1.29, 1.82) is 0 Å². The molecule has 0 aliphatic carbocycles. The van der Waals surface area contributed by atoms with Gasteiger partial charge in [0.25, 0.3) is 0 Å². The summed E-state index contributed by atoms with van der Waals surface area (Å²) in [5, 5.41) is 0. The number of ether oxygens (including phenoxy) is 5. The molecule has 0 aromatic carbocycles. The van der Waals surface area contributed by atoms with E-state index in [0.29, 0.717) is 32.1 Å². The van der Waals surface area contributed by atoms with Gasteiger partial charge in [-0.05, 0) is 43.9 Å². The van der Waals surface area contributed by atoms with Crippen molar-refractivity contribution in [2.45, 2.75) is 132 Å². The Morgan fingerprint density at radius 2 is 0.848 bits per heavy atom. The van der Waals surface area contributed by atoms with E-state index < -0.39 is 65.4 Å². The second-order valence-corrected chi connectivity index (χ2v) is 12.2. The SMILES string of the molecule is CCCCOC(=O)CC(C(=O)OCCCC)C(CC)C(C(=O)OCCCC)C(C(=O)OCCCC)C(C)C(C)C(=O)OCCCC. The van der Waals surface area contributed by atoms with Crippen LogP contribution in [0.5, 0.6) is 0 Å². The Morgan fingerprint density at radius 1 is 0.478 bits per heavy atom. The van der Waals surface area contributed by atoms with Crippen LogP contribution < -0.4 is 0 Å². The van der Waals surface area contributed by atoms with Gasteiger partial charge in [-0.1, -0.05) is 93.9 Å². The van der Waals surface area contributed by atoms with Crippen LogP contribution in [0.15, 0.2) is 0 Å². The Hall–Kier alpha value is -2.65. The first-order chi connectivity index (χ1) is 22.1. The van der Waals surface area contributed by atoms with Crippen molar-refractivity contribution in [3.63, 3.8) is 0 Å². The minimum Gasteiger partial charge on any atom is -0.466 e. The van der Waals surface area contributed by atoms with E-state index in [1.54, 1.807) is 20.8 Å². The maximum atomic E-state index is 14.1. The molecule has 0 saturated carbocycles. The molecule has 46 heavy (non-hydrogen) atoms. The zero-order chi connectivity index (χ0) is 34.9. The highest BCUT2D eigenvalue weighted by atomic mass is 16.6. The van der Waals surface area contributed by atoms with Crippen molar-refractivity contribution >= 4 is 29.8 Å². The Labute approximate surface area is 278 Å². The third-order valence-electron chi connectivity index (χ3n) is 8.53. The number of esters is 5. The van der Waals surface area contributed by atoms with Crippen LogP contribution >= 0.6 is 0 Å². The van der Waals surface area contributed by atoms with Crippen molar-refractivity contribution in [2.75, 3.05) is 33.0 Å². The fraction of sp³-hybridized carbons (Fsp3) is 0.861. The first kappa shape index (κ1) is 43.4. The number of unbranched alkanes of at least 4 members (excludes halogenated alkanes) is 5. The van der Waals surface area contributed by atoms with Crippen LogP contribution in [0.4, 0.5) is 0 Å². The van der Waals surface area contributed by atoms with Crippen LogP contribution in [-0.2, 0) is 47.7 Å². The van der Waals surface area contributed by atoms with Gasteiger partial charge in [0.05, 0.1) is 63.1 Å². The fourth-order valence-electron chi connectivity index (χ4n) is 5.27. The molecular weight excluding hydrogens is 592 g/mol.